The number of furan rings is 1. The van der Waals surface area contributed by atoms with Crippen molar-refractivity contribution in [3.05, 3.63) is 47.7 Å². The van der Waals surface area contributed by atoms with Crippen LogP contribution >= 0.6 is 0 Å². The molecule has 0 aliphatic heterocycles. The molecule has 86 valence electrons. The summed E-state index contributed by atoms with van der Waals surface area (Å²) in [6.07, 6.45) is 1.51. The minimum atomic E-state index is -0.584. The van der Waals surface area contributed by atoms with Crippen molar-refractivity contribution < 1.29 is 14.0 Å². The number of nitrogens with two attached hydrogens (primary N) is 1. The molecule has 4 heteroatoms. The molecule has 2 rings (SSSR count). The van der Waals surface area contributed by atoms with Gasteiger partial charge in [-0.05, 0) is 31.2 Å². The van der Waals surface area contributed by atoms with Gasteiger partial charge in [0.15, 0.2) is 5.78 Å². The van der Waals surface area contributed by atoms with Gasteiger partial charge in [0.1, 0.15) is 5.76 Å². The zero-order valence-corrected chi connectivity index (χ0v) is 9.27. The van der Waals surface area contributed by atoms with Crippen LogP contribution in [0.5, 0.6) is 0 Å². The van der Waals surface area contributed by atoms with Gasteiger partial charge in [-0.3, -0.25) is 9.59 Å². The van der Waals surface area contributed by atoms with Crippen LogP contribution in [0, 0.1) is 0 Å². The summed E-state index contributed by atoms with van der Waals surface area (Å²) in [5.74, 6) is -0.146. The lowest BCUT2D eigenvalue weighted by atomic mass is 10.00. The maximum absolute atomic E-state index is 11.4. The van der Waals surface area contributed by atoms with Gasteiger partial charge in [0.25, 0.3) is 0 Å². The lowest BCUT2D eigenvalue weighted by Crippen LogP contribution is -2.13. The average molecular weight is 229 g/mol. The summed E-state index contributed by atoms with van der Waals surface area (Å²) >= 11 is 0. The van der Waals surface area contributed by atoms with E-state index in [0.29, 0.717) is 16.9 Å². The van der Waals surface area contributed by atoms with E-state index < -0.39 is 5.91 Å². The van der Waals surface area contributed by atoms with Gasteiger partial charge in [0.2, 0.25) is 5.91 Å². The first kappa shape index (κ1) is 11.1. The van der Waals surface area contributed by atoms with E-state index >= 15 is 0 Å². The Bertz CT molecular complexity index is 570. The Balaban J connectivity index is 2.61. The molecule has 0 saturated heterocycles. The molecule has 1 aromatic heterocycles. The van der Waals surface area contributed by atoms with Gasteiger partial charge < -0.3 is 10.2 Å². The Morgan fingerprint density at radius 1 is 1.24 bits per heavy atom. The summed E-state index contributed by atoms with van der Waals surface area (Å²) < 4.78 is 5.22. The Morgan fingerprint density at radius 3 is 2.53 bits per heavy atom. The minimum Gasteiger partial charge on any atom is -0.464 e. The number of carbonyl (C=O) groups excluding carboxylic acids is 2. The molecule has 0 aliphatic carbocycles. The van der Waals surface area contributed by atoms with Crippen molar-refractivity contribution in [2.24, 2.45) is 5.73 Å². The predicted molar refractivity (Wildman–Crippen MR) is 62.7 cm³/mol. The van der Waals surface area contributed by atoms with E-state index in [9.17, 15) is 9.59 Å². The minimum absolute atomic E-state index is 0.113. The fourth-order valence-electron chi connectivity index (χ4n) is 1.61. The Labute approximate surface area is 98.0 Å². The molecule has 1 amide bonds. The van der Waals surface area contributed by atoms with Crippen LogP contribution in [0.15, 0.2) is 41.0 Å². The maximum atomic E-state index is 11.4. The van der Waals surface area contributed by atoms with E-state index in [1.54, 1.807) is 24.3 Å². The Morgan fingerprint density at radius 2 is 2.00 bits per heavy atom. The molecule has 0 bridgehead atoms. The van der Waals surface area contributed by atoms with Gasteiger partial charge >= 0.3 is 0 Å². The number of ketones is 1. The third kappa shape index (κ3) is 2.10. The number of amides is 1. The van der Waals surface area contributed by atoms with E-state index in [4.69, 9.17) is 10.2 Å². The third-order valence-electron chi connectivity index (χ3n) is 2.48. The average Bonchev–Trinajstić information content (AvgIpc) is 2.81. The van der Waals surface area contributed by atoms with E-state index in [1.165, 1.54) is 19.3 Å². The fraction of sp³-hybridized carbons (Fsp3) is 0.0769. The molecular weight excluding hydrogens is 218 g/mol. The number of hydrogen-bond donors (Lipinski definition) is 1. The molecule has 1 aromatic carbocycles. The number of benzene rings is 1. The summed E-state index contributed by atoms with van der Waals surface area (Å²) in [7, 11) is 0. The van der Waals surface area contributed by atoms with Crippen LogP contribution in [-0.4, -0.2) is 11.7 Å². The van der Waals surface area contributed by atoms with Crippen molar-refractivity contribution in [1.29, 1.82) is 0 Å². The van der Waals surface area contributed by atoms with Crippen molar-refractivity contribution in [3.63, 3.8) is 0 Å². The van der Waals surface area contributed by atoms with Crippen molar-refractivity contribution in [1.82, 2.24) is 0 Å². The molecule has 0 spiro atoms. The molecule has 0 saturated carbocycles. The lowest BCUT2D eigenvalue weighted by molar-refractivity contribution is 0.100. The van der Waals surface area contributed by atoms with Crippen LogP contribution in [0.25, 0.3) is 11.3 Å². The first-order chi connectivity index (χ1) is 8.09. The normalized spacial score (nSPS) is 10.2. The van der Waals surface area contributed by atoms with Crippen molar-refractivity contribution in [3.8, 4) is 11.3 Å². The number of rotatable bonds is 3. The highest BCUT2D eigenvalue weighted by Gasteiger charge is 2.14. The van der Waals surface area contributed by atoms with E-state index in [-0.39, 0.29) is 11.3 Å². The first-order valence-corrected chi connectivity index (χ1v) is 5.08. The SMILES string of the molecule is CC(=O)c1ccc(-c2ccco2)c(C(N)=O)c1. The van der Waals surface area contributed by atoms with E-state index in [2.05, 4.69) is 0 Å². The second-order valence-electron chi connectivity index (χ2n) is 3.66. The number of primary amides is 1. The molecule has 4 nitrogen and oxygen atoms in total. The fourth-order valence-corrected chi connectivity index (χ4v) is 1.61. The van der Waals surface area contributed by atoms with Crippen LogP contribution in [0.4, 0.5) is 0 Å². The van der Waals surface area contributed by atoms with Crippen molar-refractivity contribution >= 4 is 11.7 Å². The summed E-state index contributed by atoms with van der Waals surface area (Å²) in [6.45, 7) is 1.44. The molecule has 0 radical (unpaired) electrons. The second kappa shape index (κ2) is 4.25. The van der Waals surface area contributed by atoms with Crippen LogP contribution in [0.2, 0.25) is 0 Å². The highest BCUT2D eigenvalue weighted by Crippen LogP contribution is 2.25. The maximum Gasteiger partial charge on any atom is 0.249 e. The van der Waals surface area contributed by atoms with Gasteiger partial charge in [-0.1, -0.05) is 6.07 Å². The van der Waals surface area contributed by atoms with Crippen LogP contribution in [0.3, 0.4) is 0 Å². The van der Waals surface area contributed by atoms with E-state index in [0.717, 1.165) is 0 Å². The van der Waals surface area contributed by atoms with Crippen LogP contribution in [-0.2, 0) is 0 Å². The Hall–Kier alpha value is -2.36. The summed E-state index contributed by atoms with van der Waals surface area (Å²) in [6, 6.07) is 8.25. The quantitative estimate of drug-likeness (QED) is 0.820. The number of carbonyl (C=O) groups is 2. The lowest BCUT2D eigenvalue weighted by Gasteiger charge is -2.05. The smallest absolute Gasteiger partial charge is 0.249 e. The Kier molecular flexibility index (Phi) is 2.78. The van der Waals surface area contributed by atoms with Crippen LogP contribution in [0.1, 0.15) is 27.6 Å². The molecule has 2 N–H and O–H groups in total. The molecule has 0 unspecified atom stereocenters. The molecule has 0 aliphatic rings. The molecule has 1 heterocycles. The van der Waals surface area contributed by atoms with Gasteiger partial charge in [-0.15, -0.1) is 0 Å². The van der Waals surface area contributed by atoms with Gasteiger partial charge in [0, 0.05) is 11.1 Å². The third-order valence-corrected chi connectivity index (χ3v) is 2.48. The molecule has 2 aromatic rings. The summed E-state index contributed by atoms with van der Waals surface area (Å²) in [5, 5.41) is 0. The highest BCUT2D eigenvalue weighted by atomic mass is 16.3. The highest BCUT2D eigenvalue weighted by molar-refractivity contribution is 6.03. The standard InChI is InChI=1S/C13H11NO3/c1-8(15)9-4-5-10(11(7-9)13(14)16)12-3-2-6-17-12/h2-7H,1H3,(H2,14,16). The zero-order valence-electron chi connectivity index (χ0n) is 9.27. The van der Waals surface area contributed by atoms with Gasteiger partial charge in [-0.25, -0.2) is 0 Å². The van der Waals surface area contributed by atoms with Gasteiger partial charge in [-0.2, -0.15) is 0 Å². The van der Waals surface area contributed by atoms with Gasteiger partial charge in [0.05, 0.1) is 11.8 Å². The monoisotopic (exact) mass is 229 g/mol. The number of Topliss-reactive ketones (excluding diaryl/α,β-unsaturated/α-hetero) is 1. The van der Waals surface area contributed by atoms with E-state index in [1.807, 2.05) is 0 Å². The molecule has 0 fully saturated rings. The molecule has 0 atom stereocenters. The zero-order chi connectivity index (χ0) is 12.4. The predicted octanol–water partition coefficient (Wildman–Crippen LogP) is 2.25. The first-order valence-electron chi connectivity index (χ1n) is 5.08. The molecular formula is C13H11NO3. The topological polar surface area (TPSA) is 73.3 Å². The van der Waals surface area contributed by atoms with Crippen LogP contribution < -0.4 is 5.73 Å². The molecule has 17 heavy (non-hydrogen) atoms. The summed E-state index contributed by atoms with van der Waals surface area (Å²) in [5.41, 5.74) is 6.63. The van der Waals surface area contributed by atoms with Crippen molar-refractivity contribution in [2.45, 2.75) is 6.92 Å². The largest absolute Gasteiger partial charge is 0.464 e. The summed E-state index contributed by atoms with van der Waals surface area (Å²) in [4.78, 5) is 22.6. The number of hydrogen-bond acceptors (Lipinski definition) is 3. The second-order valence-corrected chi connectivity index (χ2v) is 3.66. The van der Waals surface area contributed by atoms with Crippen molar-refractivity contribution in [2.75, 3.05) is 0 Å².